The van der Waals surface area contributed by atoms with Gasteiger partial charge < -0.3 is 9.64 Å². The molecule has 0 bridgehead atoms. The molecular weight excluding hydrogens is 424 g/mol. The first-order valence-corrected chi connectivity index (χ1v) is 12.9. The summed E-state index contributed by atoms with van der Waals surface area (Å²) in [5, 5.41) is 0. The first kappa shape index (κ1) is 22.8. The number of carbonyl (C=O) groups excluding carboxylic acids is 1. The lowest BCUT2D eigenvalue weighted by atomic mass is 9.89. The zero-order valence-corrected chi connectivity index (χ0v) is 19.5. The van der Waals surface area contributed by atoms with E-state index in [2.05, 4.69) is 24.3 Å². The Balaban J connectivity index is 1.34. The lowest BCUT2D eigenvalue weighted by Gasteiger charge is -2.37. The van der Waals surface area contributed by atoms with Crippen LogP contribution >= 0.6 is 0 Å². The minimum absolute atomic E-state index is 0.109. The predicted octanol–water partition coefficient (Wildman–Crippen LogP) is 3.58. The van der Waals surface area contributed by atoms with E-state index < -0.39 is 10.0 Å². The number of hydrogen-bond acceptors (Lipinski definition) is 4. The normalized spacial score (nSPS) is 20.8. The predicted molar refractivity (Wildman–Crippen MR) is 124 cm³/mol. The fraction of sp³-hybridized carbons (Fsp3) is 0.480. The van der Waals surface area contributed by atoms with Gasteiger partial charge in [-0.2, -0.15) is 4.31 Å². The molecule has 172 valence electrons. The SMILES string of the molecule is COc1ccc(S(=O)(=O)N2CCCC(C(=O)N3CCC(Cc4ccccc4)CC3)C2)cc1. The maximum atomic E-state index is 13.2. The number of hydrogen-bond donors (Lipinski definition) is 0. The Hall–Kier alpha value is -2.38. The molecule has 2 heterocycles. The van der Waals surface area contributed by atoms with Gasteiger partial charge >= 0.3 is 0 Å². The van der Waals surface area contributed by atoms with Crippen molar-refractivity contribution in [2.45, 2.75) is 37.0 Å². The molecule has 1 atom stereocenters. The molecule has 4 rings (SSSR count). The maximum absolute atomic E-state index is 13.2. The zero-order chi connectivity index (χ0) is 22.6. The molecular formula is C25H32N2O4S. The fourth-order valence-corrected chi connectivity index (χ4v) is 6.35. The van der Waals surface area contributed by atoms with Crippen LogP contribution in [0.4, 0.5) is 0 Å². The van der Waals surface area contributed by atoms with Crippen LogP contribution in [0, 0.1) is 11.8 Å². The number of piperidine rings is 2. The Morgan fingerprint density at radius 2 is 1.66 bits per heavy atom. The summed E-state index contributed by atoms with van der Waals surface area (Å²) in [4.78, 5) is 15.4. The standard InChI is InChI=1S/C25H32N2O4S/c1-31-23-9-11-24(12-10-23)32(29,30)27-15-5-8-22(19-27)25(28)26-16-13-21(14-17-26)18-20-6-3-2-4-7-20/h2-4,6-7,9-12,21-22H,5,8,13-19H2,1H3. The van der Waals surface area contributed by atoms with E-state index >= 15 is 0 Å². The molecule has 7 heteroatoms. The van der Waals surface area contributed by atoms with Crippen LogP contribution < -0.4 is 4.74 Å². The van der Waals surface area contributed by atoms with Crippen LogP contribution in [0.15, 0.2) is 59.5 Å². The third-order valence-corrected chi connectivity index (χ3v) is 8.60. The third-order valence-electron chi connectivity index (χ3n) is 6.72. The number of likely N-dealkylation sites (tertiary alicyclic amines) is 1. The molecule has 0 aliphatic carbocycles. The number of benzene rings is 2. The molecule has 2 aliphatic heterocycles. The monoisotopic (exact) mass is 456 g/mol. The summed E-state index contributed by atoms with van der Waals surface area (Å²) in [6.45, 7) is 2.24. The molecule has 2 fully saturated rings. The molecule has 2 aromatic carbocycles. The van der Waals surface area contributed by atoms with Gasteiger partial charge in [-0.1, -0.05) is 30.3 Å². The molecule has 2 aliphatic rings. The van der Waals surface area contributed by atoms with Crippen LogP contribution in [0.5, 0.6) is 5.75 Å². The van der Waals surface area contributed by atoms with E-state index in [1.807, 2.05) is 11.0 Å². The summed E-state index contributed by atoms with van der Waals surface area (Å²) in [7, 11) is -2.07. The molecule has 1 amide bonds. The van der Waals surface area contributed by atoms with Crippen molar-refractivity contribution in [1.29, 1.82) is 0 Å². The van der Waals surface area contributed by atoms with Crippen LogP contribution in [0.2, 0.25) is 0 Å². The largest absolute Gasteiger partial charge is 0.497 e. The quantitative estimate of drug-likeness (QED) is 0.666. The van der Waals surface area contributed by atoms with Crippen molar-refractivity contribution in [2.24, 2.45) is 11.8 Å². The van der Waals surface area contributed by atoms with Crippen LogP contribution in [-0.4, -0.2) is 56.8 Å². The fourth-order valence-electron chi connectivity index (χ4n) is 4.82. The summed E-state index contributed by atoms with van der Waals surface area (Å²) in [6.07, 6.45) is 4.51. The van der Waals surface area contributed by atoms with Gasteiger partial charge in [0.05, 0.1) is 17.9 Å². The number of nitrogens with zero attached hydrogens (tertiary/aromatic N) is 2. The Morgan fingerprint density at radius 3 is 2.31 bits per heavy atom. The Morgan fingerprint density at radius 1 is 0.969 bits per heavy atom. The molecule has 1 unspecified atom stereocenters. The number of rotatable bonds is 6. The van der Waals surface area contributed by atoms with Crippen molar-refractivity contribution in [1.82, 2.24) is 9.21 Å². The molecule has 0 N–H and O–H groups in total. The highest BCUT2D eigenvalue weighted by Crippen LogP contribution is 2.28. The van der Waals surface area contributed by atoms with E-state index in [4.69, 9.17) is 4.74 Å². The average molecular weight is 457 g/mol. The van der Waals surface area contributed by atoms with E-state index in [-0.39, 0.29) is 23.3 Å². The number of carbonyl (C=O) groups is 1. The summed E-state index contributed by atoms with van der Waals surface area (Å²) in [6, 6.07) is 16.9. The summed E-state index contributed by atoms with van der Waals surface area (Å²) >= 11 is 0. The van der Waals surface area contributed by atoms with Crippen molar-refractivity contribution < 1.29 is 17.9 Å². The minimum Gasteiger partial charge on any atom is -0.497 e. The van der Waals surface area contributed by atoms with Gasteiger partial charge in [0, 0.05) is 26.2 Å². The number of sulfonamides is 1. The van der Waals surface area contributed by atoms with E-state index in [1.54, 1.807) is 31.4 Å². The highest BCUT2D eigenvalue weighted by atomic mass is 32.2. The molecule has 0 saturated carbocycles. The second kappa shape index (κ2) is 10.0. The van der Waals surface area contributed by atoms with Crippen molar-refractivity contribution >= 4 is 15.9 Å². The first-order chi connectivity index (χ1) is 15.5. The van der Waals surface area contributed by atoms with Gasteiger partial charge in [-0.3, -0.25) is 4.79 Å². The van der Waals surface area contributed by atoms with Crippen LogP contribution in [0.3, 0.4) is 0 Å². The smallest absolute Gasteiger partial charge is 0.243 e. The molecule has 32 heavy (non-hydrogen) atoms. The topological polar surface area (TPSA) is 66.9 Å². The molecule has 0 radical (unpaired) electrons. The van der Waals surface area contributed by atoms with Gasteiger partial charge in [0.2, 0.25) is 15.9 Å². The van der Waals surface area contributed by atoms with Crippen molar-refractivity contribution in [3.8, 4) is 5.75 Å². The first-order valence-electron chi connectivity index (χ1n) is 11.4. The van der Waals surface area contributed by atoms with Crippen molar-refractivity contribution in [2.75, 3.05) is 33.3 Å². The van der Waals surface area contributed by atoms with E-state index in [0.29, 0.717) is 24.6 Å². The second-order valence-corrected chi connectivity index (χ2v) is 10.8. The third kappa shape index (κ3) is 5.15. The summed E-state index contributed by atoms with van der Waals surface area (Å²) in [5.74, 6) is 1.06. The number of amides is 1. The van der Waals surface area contributed by atoms with Gasteiger partial charge in [-0.25, -0.2) is 8.42 Å². The van der Waals surface area contributed by atoms with Crippen LogP contribution in [0.1, 0.15) is 31.2 Å². The van der Waals surface area contributed by atoms with Gasteiger partial charge in [0.15, 0.2) is 0 Å². The molecule has 2 aromatic rings. The maximum Gasteiger partial charge on any atom is 0.243 e. The molecule has 6 nitrogen and oxygen atoms in total. The van der Waals surface area contributed by atoms with E-state index in [0.717, 1.165) is 38.8 Å². The lowest BCUT2D eigenvalue weighted by molar-refractivity contribution is -0.138. The highest BCUT2D eigenvalue weighted by Gasteiger charge is 2.36. The van der Waals surface area contributed by atoms with E-state index in [1.165, 1.54) is 9.87 Å². The molecule has 0 aromatic heterocycles. The number of methoxy groups -OCH3 is 1. The Bertz CT molecular complexity index is 1000. The van der Waals surface area contributed by atoms with Gasteiger partial charge in [0.25, 0.3) is 0 Å². The lowest BCUT2D eigenvalue weighted by Crippen LogP contribution is -2.48. The van der Waals surface area contributed by atoms with Crippen LogP contribution in [0.25, 0.3) is 0 Å². The van der Waals surface area contributed by atoms with Crippen molar-refractivity contribution in [3.63, 3.8) is 0 Å². The summed E-state index contributed by atoms with van der Waals surface area (Å²) < 4.78 is 32.8. The second-order valence-electron chi connectivity index (χ2n) is 8.84. The van der Waals surface area contributed by atoms with Gasteiger partial charge in [-0.05, 0) is 67.9 Å². The Kier molecular flexibility index (Phi) is 7.16. The van der Waals surface area contributed by atoms with E-state index in [9.17, 15) is 13.2 Å². The highest BCUT2D eigenvalue weighted by molar-refractivity contribution is 7.89. The van der Waals surface area contributed by atoms with Crippen LogP contribution in [-0.2, 0) is 21.2 Å². The Labute approximate surface area is 191 Å². The van der Waals surface area contributed by atoms with Gasteiger partial charge in [0.1, 0.15) is 5.75 Å². The number of ether oxygens (including phenoxy) is 1. The van der Waals surface area contributed by atoms with Crippen molar-refractivity contribution in [3.05, 3.63) is 60.2 Å². The molecule has 2 saturated heterocycles. The summed E-state index contributed by atoms with van der Waals surface area (Å²) in [5.41, 5.74) is 1.35. The average Bonchev–Trinajstić information content (AvgIpc) is 2.85. The minimum atomic E-state index is -3.62. The van der Waals surface area contributed by atoms with Gasteiger partial charge in [-0.15, -0.1) is 0 Å². The zero-order valence-electron chi connectivity index (χ0n) is 18.7. The molecule has 0 spiro atoms.